The van der Waals surface area contributed by atoms with Crippen molar-refractivity contribution in [2.24, 2.45) is 0 Å². The minimum atomic E-state index is -3.77. The Kier molecular flexibility index (Phi) is 4.86. The van der Waals surface area contributed by atoms with Crippen LogP contribution in [0.5, 0.6) is 0 Å². The molecule has 2 aromatic rings. The van der Waals surface area contributed by atoms with Crippen LogP contribution in [0.25, 0.3) is 0 Å². The van der Waals surface area contributed by atoms with Crippen molar-refractivity contribution >= 4 is 37.6 Å². The highest BCUT2D eigenvalue weighted by molar-refractivity contribution is 9.10. The Balaban J connectivity index is 2.15. The highest BCUT2D eigenvalue weighted by atomic mass is 79.9. The predicted octanol–water partition coefficient (Wildman–Crippen LogP) is 4.32. The van der Waals surface area contributed by atoms with Crippen LogP contribution in [0.15, 0.2) is 51.8 Å². The lowest BCUT2D eigenvalue weighted by Crippen LogP contribution is -2.06. The van der Waals surface area contributed by atoms with Gasteiger partial charge in [-0.2, -0.15) is 8.42 Å². The van der Waals surface area contributed by atoms with E-state index >= 15 is 0 Å². The maximum absolute atomic E-state index is 12.0. The zero-order chi connectivity index (χ0) is 14.8. The highest BCUT2D eigenvalue weighted by Crippen LogP contribution is 2.23. The van der Waals surface area contributed by atoms with Crippen LogP contribution < -0.4 is 0 Å². The standard InChI is InChI=1S/C14H12BrClO3S/c1-10-2-6-13(7-3-10)20(17,18)19-9-11-4-5-12(15)8-14(11)16/h2-8H,9H2,1H3. The van der Waals surface area contributed by atoms with Gasteiger partial charge >= 0.3 is 0 Å². The molecule has 0 aromatic heterocycles. The van der Waals surface area contributed by atoms with Gasteiger partial charge in [-0.25, -0.2) is 0 Å². The van der Waals surface area contributed by atoms with E-state index in [1.165, 1.54) is 12.1 Å². The van der Waals surface area contributed by atoms with E-state index in [0.29, 0.717) is 10.6 Å². The van der Waals surface area contributed by atoms with Crippen LogP contribution in [0.2, 0.25) is 5.02 Å². The molecule has 0 saturated heterocycles. The van der Waals surface area contributed by atoms with Gasteiger partial charge in [0.2, 0.25) is 0 Å². The van der Waals surface area contributed by atoms with E-state index in [9.17, 15) is 8.42 Å². The molecule has 0 aliphatic rings. The van der Waals surface area contributed by atoms with Crippen molar-refractivity contribution in [3.8, 4) is 0 Å². The third-order valence-electron chi connectivity index (χ3n) is 2.69. The largest absolute Gasteiger partial charge is 0.297 e. The average molecular weight is 376 g/mol. The molecule has 0 heterocycles. The van der Waals surface area contributed by atoms with Gasteiger partial charge in [-0.3, -0.25) is 4.18 Å². The first-order chi connectivity index (χ1) is 9.38. The molecule has 0 aliphatic carbocycles. The molecule has 0 N–H and O–H groups in total. The van der Waals surface area contributed by atoms with Crippen molar-refractivity contribution in [3.05, 3.63) is 63.1 Å². The zero-order valence-electron chi connectivity index (χ0n) is 10.6. The summed E-state index contributed by atoms with van der Waals surface area (Å²) in [5, 5.41) is 0.457. The first-order valence-corrected chi connectivity index (χ1v) is 8.36. The molecule has 0 aliphatic heterocycles. The van der Waals surface area contributed by atoms with Gasteiger partial charge in [0, 0.05) is 9.50 Å². The summed E-state index contributed by atoms with van der Waals surface area (Å²) in [5.74, 6) is 0. The van der Waals surface area contributed by atoms with Gasteiger partial charge in [-0.05, 0) is 36.8 Å². The first-order valence-electron chi connectivity index (χ1n) is 5.78. The molecule has 0 atom stereocenters. The molecule has 106 valence electrons. The summed E-state index contributed by atoms with van der Waals surface area (Å²) < 4.78 is 29.9. The normalized spacial score (nSPS) is 11.6. The minimum Gasteiger partial charge on any atom is -0.261 e. The number of halogens is 2. The van der Waals surface area contributed by atoms with Crippen molar-refractivity contribution in [1.29, 1.82) is 0 Å². The first kappa shape index (κ1) is 15.5. The second-order valence-electron chi connectivity index (χ2n) is 4.27. The maximum Gasteiger partial charge on any atom is 0.297 e. The van der Waals surface area contributed by atoms with Crippen LogP contribution in [0.1, 0.15) is 11.1 Å². The fourth-order valence-electron chi connectivity index (χ4n) is 1.55. The summed E-state index contributed by atoms with van der Waals surface area (Å²) in [7, 11) is -3.77. The molecule has 0 bridgehead atoms. The van der Waals surface area contributed by atoms with Crippen LogP contribution >= 0.6 is 27.5 Å². The summed E-state index contributed by atoms with van der Waals surface area (Å²) in [6.07, 6.45) is 0. The molecule has 0 fully saturated rings. The van der Waals surface area contributed by atoms with E-state index in [0.717, 1.165) is 10.0 Å². The van der Waals surface area contributed by atoms with E-state index in [-0.39, 0.29) is 11.5 Å². The van der Waals surface area contributed by atoms with E-state index in [2.05, 4.69) is 15.9 Å². The number of aryl methyl sites for hydroxylation is 1. The monoisotopic (exact) mass is 374 g/mol. The molecule has 2 aromatic carbocycles. The fourth-order valence-corrected chi connectivity index (χ4v) is 3.17. The third kappa shape index (κ3) is 3.82. The number of hydrogen-bond donors (Lipinski definition) is 0. The van der Waals surface area contributed by atoms with Crippen molar-refractivity contribution in [2.45, 2.75) is 18.4 Å². The van der Waals surface area contributed by atoms with E-state index in [1.54, 1.807) is 30.3 Å². The molecule has 0 spiro atoms. The molecule has 0 unspecified atom stereocenters. The zero-order valence-corrected chi connectivity index (χ0v) is 13.8. The summed E-state index contributed by atoms with van der Waals surface area (Å²) in [6, 6.07) is 11.7. The second kappa shape index (κ2) is 6.26. The van der Waals surface area contributed by atoms with Gasteiger partial charge in [-0.1, -0.05) is 51.3 Å². The number of hydrogen-bond acceptors (Lipinski definition) is 3. The smallest absolute Gasteiger partial charge is 0.261 e. The van der Waals surface area contributed by atoms with Gasteiger partial charge in [0.1, 0.15) is 0 Å². The molecule has 2 rings (SSSR count). The van der Waals surface area contributed by atoms with Crippen LogP contribution in [0.4, 0.5) is 0 Å². The van der Waals surface area contributed by atoms with Crippen LogP contribution in [-0.2, 0) is 20.9 Å². The van der Waals surface area contributed by atoms with Crippen LogP contribution in [0.3, 0.4) is 0 Å². The Bertz CT molecular complexity index is 712. The average Bonchev–Trinajstić information content (AvgIpc) is 2.38. The van der Waals surface area contributed by atoms with Gasteiger partial charge in [0.25, 0.3) is 10.1 Å². The van der Waals surface area contributed by atoms with Crippen molar-refractivity contribution in [1.82, 2.24) is 0 Å². The Hall–Kier alpha value is -0.880. The third-order valence-corrected chi connectivity index (χ3v) is 4.82. The topological polar surface area (TPSA) is 43.4 Å². The predicted molar refractivity (Wildman–Crippen MR) is 82.3 cm³/mol. The molecule has 0 saturated carbocycles. The van der Waals surface area contributed by atoms with Gasteiger partial charge in [0.05, 0.1) is 11.5 Å². The van der Waals surface area contributed by atoms with Crippen molar-refractivity contribution in [2.75, 3.05) is 0 Å². The number of rotatable bonds is 4. The Morgan fingerprint density at radius 3 is 2.40 bits per heavy atom. The van der Waals surface area contributed by atoms with Crippen molar-refractivity contribution in [3.63, 3.8) is 0 Å². The lowest BCUT2D eigenvalue weighted by Gasteiger charge is -2.07. The summed E-state index contributed by atoms with van der Waals surface area (Å²) in [6.45, 7) is 1.79. The molecule has 3 nitrogen and oxygen atoms in total. The molecule has 0 amide bonds. The molecule has 6 heteroatoms. The van der Waals surface area contributed by atoms with Gasteiger partial charge < -0.3 is 0 Å². The van der Waals surface area contributed by atoms with Crippen LogP contribution in [-0.4, -0.2) is 8.42 Å². The lowest BCUT2D eigenvalue weighted by atomic mass is 10.2. The summed E-state index contributed by atoms with van der Waals surface area (Å²) >= 11 is 9.31. The van der Waals surface area contributed by atoms with E-state index in [1.807, 2.05) is 6.92 Å². The Labute approximate surface area is 131 Å². The van der Waals surface area contributed by atoms with Gasteiger partial charge in [-0.15, -0.1) is 0 Å². The van der Waals surface area contributed by atoms with E-state index < -0.39 is 10.1 Å². The molecular weight excluding hydrogens is 364 g/mol. The lowest BCUT2D eigenvalue weighted by molar-refractivity contribution is 0.308. The summed E-state index contributed by atoms with van der Waals surface area (Å²) in [4.78, 5) is 0.135. The van der Waals surface area contributed by atoms with E-state index in [4.69, 9.17) is 15.8 Å². The fraction of sp³-hybridized carbons (Fsp3) is 0.143. The SMILES string of the molecule is Cc1ccc(S(=O)(=O)OCc2ccc(Br)cc2Cl)cc1. The number of benzene rings is 2. The maximum atomic E-state index is 12.0. The quantitative estimate of drug-likeness (QED) is 0.748. The molecule has 20 heavy (non-hydrogen) atoms. The molecular formula is C14H12BrClO3S. The highest BCUT2D eigenvalue weighted by Gasteiger charge is 2.15. The van der Waals surface area contributed by atoms with Crippen LogP contribution in [0, 0.1) is 6.92 Å². The Morgan fingerprint density at radius 2 is 1.80 bits per heavy atom. The second-order valence-corrected chi connectivity index (χ2v) is 7.20. The van der Waals surface area contributed by atoms with Gasteiger partial charge in [0.15, 0.2) is 0 Å². The Morgan fingerprint density at radius 1 is 1.15 bits per heavy atom. The molecule has 0 radical (unpaired) electrons. The van der Waals surface area contributed by atoms with Crippen molar-refractivity contribution < 1.29 is 12.6 Å². The summed E-state index contributed by atoms with van der Waals surface area (Å²) in [5.41, 5.74) is 1.60. The minimum absolute atomic E-state index is 0.0949.